The Morgan fingerprint density at radius 2 is 1.78 bits per heavy atom. The maximum Gasteiger partial charge on any atom is 0.339 e. The first kappa shape index (κ1) is 21.3. The van der Waals surface area contributed by atoms with Crippen molar-refractivity contribution < 1.29 is 14.3 Å². The molecule has 0 unspecified atom stereocenters. The van der Waals surface area contributed by atoms with E-state index in [1.807, 2.05) is 61.5 Å². The second-order valence-electron chi connectivity index (χ2n) is 7.28. The minimum absolute atomic E-state index is 0.362. The van der Waals surface area contributed by atoms with Crippen molar-refractivity contribution in [2.45, 2.75) is 19.8 Å². The molecule has 6 nitrogen and oxygen atoms in total. The average Bonchev–Trinajstić information content (AvgIpc) is 3.24. The first-order valence-electron chi connectivity index (χ1n) is 9.96. The molecule has 0 saturated heterocycles. The van der Waals surface area contributed by atoms with Crippen molar-refractivity contribution in [2.75, 3.05) is 6.61 Å². The van der Waals surface area contributed by atoms with Crippen LogP contribution in [0, 0.1) is 25.2 Å². The van der Waals surface area contributed by atoms with Crippen LogP contribution >= 0.6 is 11.3 Å². The molecule has 158 valence electrons. The third-order valence-electron chi connectivity index (χ3n) is 5.07. The Bertz CT molecular complexity index is 1360. The third-order valence-corrected chi connectivity index (χ3v) is 6.09. The molecule has 4 rings (SSSR count). The number of fused-ring (bicyclic) bond motifs is 1. The molecule has 0 bridgehead atoms. The Morgan fingerprint density at radius 1 is 1.06 bits per heavy atom. The maximum atomic E-state index is 13.1. The van der Waals surface area contributed by atoms with Crippen molar-refractivity contribution in [3.05, 3.63) is 81.8 Å². The summed E-state index contributed by atoms with van der Waals surface area (Å²) in [5.41, 5.74) is 3.98. The predicted molar refractivity (Wildman–Crippen MR) is 122 cm³/mol. The van der Waals surface area contributed by atoms with E-state index < -0.39 is 24.3 Å². The summed E-state index contributed by atoms with van der Waals surface area (Å²) in [7, 11) is 0. The summed E-state index contributed by atoms with van der Waals surface area (Å²) in [6.07, 6.45) is 0. The van der Waals surface area contributed by atoms with Gasteiger partial charge in [-0.05, 0) is 25.5 Å². The van der Waals surface area contributed by atoms with Crippen LogP contribution in [0.1, 0.15) is 32.5 Å². The fourth-order valence-electron chi connectivity index (χ4n) is 3.51. The number of esters is 1. The number of ketones is 1. The smallest absolute Gasteiger partial charge is 0.339 e. The molecule has 0 amide bonds. The minimum Gasteiger partial charge on any atom is -0.454 e. The van der Waals surface area contributed by atoms with Crippen molar-refractivity contribution in [3.8, 4) is 17.3 Å². The molecule has 0 radical (unpaired) electrons. The lowest BCUT2D eigenvalue weighted by atomic mass is 9.98. The molecule has 0 N–H and O–H groups in total. The number of nitrogens with zero attached hydrogens (tertiary/aromatic N) is 3. The van der Waals surface area contributed by atoms with E-state index in [0.717, 1.165) is 11.3 Å². The number of aromatic nitrogens is 2. The van der Waals surface area contributed by atoms with Gasteiger partial charge in [-0.25, -0.2) is 14.8 Å². The maximum absolute atomic E-state index is 13.1. The number of carbonyl (C=O) groups is 2. The minimum atomic E-state index is -1.06. The van der Waals surface area contributed by atoms with Gasteiger partial charge in [-0.2, -0.15) is 5.26 Å². The molecule has 7 heteroatoms. The second kappa shape index (κ2) is 9.08. The molecule has 32 heavy (non-hydrogen) atoms. The molecule has 0 fully saturated rings. The zero-order valence-electron chi connectivity index (χ0n) is 17.5. The quantitative estimate of drug-likeness (QED) is 0.391. The number of ether oxygens (including phenoxy) is 1. The van der Waals surface area contributed by atoms with E-state index in [1.165, 1.54) is 11.3 Å². The molecule has 2 aromatic heterocycles. The number of hydrogen-bond acceptors (Lipinski definition) is 7. The summed E-state index contributed by atoms with van der Waals surface area (Å²) >= 11 is 1.24. The van der Waals surface area contributed by atoms with Crippen LogP contribution < -0.4 is 0 Å². The van der Waals surface area contributed by atoms with Crippen LogP contribution in [-0.4, -0.2) is 28.3 Å². The number of hydrogen-bond donors (Lipinski definition) is 0. The summed E-state index contributed by atoms with van der Waals surface area (Å²) in [5, 5.41) is 12.3. The highest BCUT2D eigenvalue weighted by molar-refractivity contribution is 7.09. The molecular formula is C25H19N3O3S. The van der Waals surface area contributed by atoms with E-state index in [-0.39, 0.29) is 0 Å². The van der Waals surface area contributed by atoms with E-state index in [0.29, 0.717) is 32.7 Å². The number of carbonyl (C=O) groups excluding carboxylic acids is 2. The summed E-state index contributed by atoms with van der Waals surface area (Å²) in [4.78, 5) is 34.7. The standard InChI is InChI=1S/C25H19N3O3S/c1-15-14-32-24(27-15)19(12-26)21(29)13-31-25(30)22-16(2)23(17-8-4-3-5-9-17)28-20-11-7-6-10-18(20)22/h3-11,14,19H,13H2,1-2H3/t19-/m1/s1. The van der Waals surface area contributed by atoms with Gasteiger partial charge in [-0.1, -0.05) is 48.5 Å². The van der Waals surface area contributed by atoms with Gasteiger partial charge in [-0.15, -0.1) is 11.3 Å². The molecule has 0 saturated carbocycles. The zero-order chi connectivity index (χ0) is 22.7. The van der Waals surface area contributed by atoms with E-state index in [4.69, 9.17) is 9.72 Å². The van der Waals surface area contributed by atoms with Crippen LogP contribution in [0.25, 0.3) is 22.2 Å². The molecular weight excluding hydrogens is 422 g/mol. The molecule has 0 aliphatic rings. The Labute approximate surface area is 189 Å². The number of pyridine rings is 1. The fraction of sp³-hybridized carbons (Fsp3) is 0.160. The van der Waals surface area contributed by atoms with Gasteiger partial charge in [0.15, 0.2) is 18.3 Å². The van der Waals surface area contributed by atoms with E-state index in [2.05, 4.69) is 4.98 Å². The summed E-state index contributed by atoms with van der Waals surface area (Å²) in [6.45, 7) is 3.10. The number of nitriles is 1. The number of Topliss-reactive ketones (excluding diaryl/α,β-unsaturated/α-hetero) is 1. The van der Waals surface area contributed by atoms with E-state index in [1.54, 1.807) is 18.4 Å². The van der Waals surface area contributed by atoms with E-state index in [9.17, 15) is 14.9 Å². The summed E-state index contributed by atoms with van der Waals surface area (Å²) < 4.78 is 5.39. The largest absolute Gasteiger partial charge is 0.454 e. The first-order valence-corrected chi connectivity index (χ1v) is 10.8. The molecule has 0 spiro atoms. The monoisotopic (exact) mass is 441 g/mol. The fourth-order valence-corrected chi connectivity index (χ4v) is 4.37. The Kier molecular flexibility index (Phi) is 6.06. The lowest BCUT2D eigenvalue weighted by Crippen LogP contribution is -2.20. The van der Waals surface area contributed by atoms with Gasteiger partial charge in [0.2, 0.25) is 0 Å². The molecule has 0 aliphatic carbocycles. The number of aryl methyl sites for hydroxylation is 1. The number of thiazole rings is 1. The SMILES string of the molecule is Cc1csc([C@H](C#N)C(=O)COC(=O)c2c(C)c(-c3ccccc3)nc3ccccc23)n1. The Balaban J connectivity index is 1.65. The number of benzene rings is 2. The van der Waals surface area contributed by atoms with Crippen LogP contribution in [0.5, 0.6) is 0 Å². The third kappa shape index (κ3) is 4.13. The van der Waals surface area contributed by atoms with Gasteiger partial charge in [-0.3, -0.25) is 4.79 Å². The lowest BCUT2D eigenvalue weighted by molar-refractivity contribution is -0.122. The van der Waals surface area contributed by atoms with Gasteiger partial charge in [0.25, 0.3) is 0 Å². The van der Waals surface area contributed by atoms with Crippen LogP contribution in [-0.2, 0) is 9.53 Å². The van der Waals surface area contributed by atoms with Crippen LogP contribution in [0.4, 0.5) is 0 Å². The normalized spacial score (nSPS) is 11.7. The predicted octanol–water partition coefficient (Wildman–Crippen LogP) is 5.01. The van der Waals surface area contributed by atoms with Gasteiger partial charge in [0.1, 0.15) is 5.01 Å². The second-order valence-corrected chi connectivity index (χ2v) is 8.16. The van der Waals surface area contributed by atoms with Crippen molar-refractivity contribution in [2.24, 2.45) is 0 Å². The molecule has 2 heterocycles. The van der Waals surface area contributed by atoms with Crippen molar-refractivity contribution in [1.82, 2.24) is 9.97 Å². The Hall–Kier alpha value is -3.89. The first-order chi connectivity index (χ1) is 15.5. The molecule has 0 aliphatic heterocycles. The van der Waals surface area contributed by atoms with Gasteiger partial charge < -0.3 is 4.74 Å². The number of para-hydroxylation sites is 1. The van der Waals surface area contributed by atoms with E-state index >= 15 is 0 Å². The van der Waals surface area contributed by atoms with Crippen LogP contribution in [0.3, 0.4) is 0 Å². The van der Waals surface area contributed by atoms with Crippen molar-refractivity contribution in [1.29, 1.82) is 5.26 Å². The lowest BCUT2D eigenvalue weighted by Gasteiger charge is -2.14. The molecule has 1 atom stereocenters. The van der Waals surface area contributed by atoms with Crippen LogP contribution in [0.2, 0.25) is 0 Å². The van der Waals surface area contributed by atoms with Gasteiger partial charge in [0, 0.05) is 22.0 Å². The summed E-state index contributed by atoms with van der Waals surface area (Å²) in [6, 6.07) is 18.9. The zero-order valence-corrected chi connectivity index (χ0v) is 18.3. The highest BCUT2D eigenvalue weighted by Crippen LogP contribution is 2.30. The topological polar surface area (TPSA) is 92.9 Å². The van der Waals surface area contributed by atoms with Crippen molar-refractivity contribution in [3.63, 3.8) is 0 Å². The average molecular weight is 442 g/mol. The van der Waals surface area contributed by atoms with Crippen molar-refractivity contribution >= 4 is 34.0 Å². The highest BCUT2D eigenvalue weighted by atomic mass is 32.1. The van der Waals surface area contributed by atoms with Crippen LogP contribution in [0.15, 0.2) is 60.0 Å². The number of rotatable bonds is 6. The highest BCUT2D eigenvalue weighted by Gasteiger charge is 2.26. The Morgan fingerprint density at radius 3 is 2.47 bits per heavy atom. The summed E-state index contributed by atoms with van der Waals surface area (Å²) in [5.74, 6) is -2.19. The molecule has 2 aromatic carbocycles. The molecule has 4 aromatic rings. The van der Waals surface area contributed by atoms with Gasteiger partial charge >= 0.3 is 5.97 Å². The van der Waals surface area contributed by atoms with Gasteiger partial charge in [0.05, 0.1) is 22.8 Å².